The molecule has 166 valence electrons. The van der Waals surface area contributed by atoms with Gasteiger partial charge in [0.2, 0.25) is 5.91 Å². The first-order chi connectivity index (χ1) is 15.4. The summed E-state index contributed by atoms with van der Waals surface area (Å²) in [6.07, 6.45) is 1.41. The highest BCUT2D eigenvalue weighted by atomic mass is 79.9. The van der Waals surface area contributed by atoms with Crippen molar-refractivity contribution >= 4 is 45.1 Å². The van der Waals surface area contributed by atoms with Gasteiger partial charge in [-0.3, -0.25) is 14.2 Å². The average molecular weight is 515 g/mol. The molecule has 0 aliphatic heterocycles. The molecule has 0 radical (unpaired) electrons. The van der Waals surface area contributed by atoms with Crippen LogP contribution in [0.2, 0.25) is 0 Å². The molecule has 7 nitrogen and oxygen atoms in total. The molecule has 32 heavy (non-hydrogen) atoms. The van der Waals surface area contributed by atoms with E-state index in [4.69, 9.17) is 4.74 Å². The monoisotopic (exact) mass is 514 g/mol. The summed E-state index contributed by atoms with van der Waals surface area (Å²) < 4.78 is 8.85. The maximum absolute atomic E-state index is 12.4. The summed E-state index contributed by atoms with van der Waals surface area (Å²) in [5.41, 5.74) is 1.23. The molecule has 3 rings (SSSR count). The van der Waals surface area contributed by atoms with E-state index < -0.39 is 0 Å². The maximum Gasteiger partial charge on any atom is 0.234 e. The Labute approximate surface area is 199 Å². The van der Waals surface area contributed by atoms with Gasteiger partial charge in [-0.2, -0.15) is 0 Å². The van der Waals surface area contributed by atoms with E-state index >= 15 is 0 Å². The highest BCUT2D eigenvalue weighted by molar-refractivity contribution is 9.10. The van der Waals surface area contributed by atoms with Crippen molar-refractivity contribution < 1.29 is 14.3 Å². The molecule has 0 aliphatic rings. The Hall–Kier alpha value is -2.91. The molecular weight excluding hydrogens is 492 g/mol. The van der Waals surface area contributed by atoms with E-state index in [9.17, 15) is 9.59 Å². The van der Waals surface area contributed by atoms with E-state index in [2.05, 4.69) is 38.0 Å². The van der Waals surface area contributed by atoms with E-state index in [0.29, 0.717) is 28.8 Å². The van der Waals surface area contributed by atoms with Crippen molar-refractivity contribution in [3.63, 3.8) is 0 Å². The maximum atomic E-state index is 12.4. The van der Waals surface area contributed by atoms with Crippen molar-refractivity contribution in [3.8, 4) is 5.75 Å². The number of anilines is 1. The third-order valence-electron chi connectivity index (χ3n) is 4.45. The number of hydrogen-bond donors (Lipinski definition) is 1. The van der Waals surface area contributed by atoms with E-state index in [0.717, 1.165) is 10.2 Å². The van der Waals surface area contributed by atoms with Gasteiger partial charge in [-0.1, -0.05) is 33.8 Å². The Kier molecular flexibility index (Phi) is 8.24. The number of nitrogens with zero attached hydrogens (tertiary/aromatic N) is 3. The number of hydrogen-bond acceptors (Lipinski definition) is 6. The highest BCUT2D eigenvalue weighted by Gasteiger charge is 2.20. The van der Waals surface area contributed by atoms with Gasteiger partial charge in [0.15, 0.2) is 22.9 Å². The van der Waals surface area contributed by atoms with Crippen LogP contribution in [0.25, 0.3) is 0 Å². The lowest BCUT2D eigenvalue weighted by atomic mass is 10.1. The first-order valence-corrected chi connectivity index (χ1v) is 11.6. The Morgan fingerprint density at radius 2 is 1.88 bits per heavy atom. The number of aromatic nitrogens is 3. The molecule has 2 aromatic carbocycles. The van der Waals surface area contributed by atoms with Gasteiger partial charge >= 0.3 is 0 Å². The van der Waals surface area contributed by atoms with Crippen LogP contribution in [0.5, 0.6) is 5.75 Å². The minimum absolute atomic E-state index is 0.0193. The molecule has 1 amide bonds. The van der Waals surface area contributed by atoms with Crippen molar-refractivity contribution in [2.24, 2.45) is 0 Å². The molecule has 0 saturated heterocycles. The molecule has 3 aromatic rings. The molecule has 1 unspecified atom stereocenters. The van der Waals surface area contributed by atoms with Crippen LogP contribution >= 0.6 is 27.7 Å². The van der Waals surface area contributed by atoms with Crippen molar-refractivity contribution in [3.05, 3.63) is 77.0 Å². The molecule has 0 spiro atoms. The zero-order valence-electron chi connectivity index (χ0n) is 17.7. The van der Waals surface area contributed by atoms with E-state index in [1.807, 2.05) is 35.8 Å². The van der Waals surface area contributed by atoms with Gasteiger partial charge in [0, 0.05) is 22.3 Å². The Morgan fingerprint density at radius 3 is 2.50 bits per heavy atom. The smallest absolute Gasteiger partial charge is 0.234 e. The van der Waals surface area contributed by atoms with E-state index in [1.165, 1.54) is 18.7 Å². The molecule has 0 fully saturated rings. The van der Waals surface area contributed by atoms with Crippen molar-refractivity contribution in [2.75, 3.05) is 11.1 Å². The Morgan fingerprint density at radius 1 is 1.19 bits per heavy atom. The molecule has 1 atom stereocenters. The number of thioether (sulfide) groups is 1. The number of ether oxygens (including phenoxy) is 1. The van der Waals surface area contributed by atoms with Gasteiger partial charge in [0.25, 0.3) is 0 Å². The summed E-state index contributed by atoms with van der Waals surface area (Å²) >= 11 is 4.69. The first-order valence-electron chi connectivity index (χ1n) is 9.87. The van der Waals surface area contributed by atoms with Crippen molar-refractivity contribution in [1.82, 2.24) is 14.8 Å². The second-order valence-electron chi connectivity index (χ2n) is 6.92. The van der Waals surface area contributed by atoms with Crippen molar-refractivity contribution in [1.29, 1.82) is 0 Å². The van der Waals surface area contributed by atoms with Gasteiger partial charge in [-0.05, 0) is 62.4 Å². The second-order valence-corrected chi connectivity index (χ2v) is 8.78. The number of carbonyl (C=O) groups excluding carboxylic acids is 2. The molecule has 0 aliphatic carbocycles. The summed E-state index contributed by atoms with van der Waals surface area (Å²) in [5.74, 6) is 1.33. The largest absolute Gasteiger partial charge is 0.483 e. The van der Waals surface area contributed by atoms with E-state index in [1.54, 1.807) is 30.3 Å². The van der Waals surface area contributed by atoms with Gasteiger partial charge in [-0.25, -0.2) is 0 Å². The summed E-state index contributed by atoms with van der Waals surface area (Å²) in [5, 5.41) is 12.0. The van der Waals surface area contributed by atoms with Crippen LogP contribution in [-0.4, -0.2) is 32.2 Å². The van der Waals surface area contributed by atoms with Gasteiger partial charge < -0.3 is 10.1 Å². The van der Waals surface area contributed by atoms with Crippen LogP contribution in [0.1, 0.15) is 36.1 Å². The highest BCUT2D eigenvalue weighted by Crippen LogP contribution is 2.26. The van der Waals surface area contributed by atoms with Crippen LogP contribution in [0, 0.1) is 0 Å². The Bertz CT molecular complexity index is 1100. The molecule has 1 N–H and O–H groups in total. The normalized spacial score (nSPS) is 11.6. The quantitative estimate of drug-likeness (QED) is 0.224. The third-order valence-corrected chi connectivity index (χ3v) is 5.95. The molecule has 0 saturated carbocycles. The number of nitrogens with one attached hydrogen (secondary N) is 1. The predicted molar refractivity (Wildman–Crippen MR) is 129 cm³/mol. The average Bonchev–Trinajstić information content (AvgIpc) is 3.17. The Balaban J connectivity index is 1.64. The summed E-state index contributed by atoms with van der Waals surface area (Å²) in [6.45, 7) is 7.70. The molecule has 0 bridgehead atoms. The van der Waals surface area contributed by atoms with Crippen LogP contribution in [0.15, 0.2) is 70.8 Å². The SMILES string of the molecule is C=CCn1c(SCC(=O)Nc2ccc(C(C)=O)cc2)nnc1C(C)Oc1ccc(Br)cc1. The van der Waals surface area contributed by atoms with Gasteiger partial charge in [0.1, 0.15) is 5.75 Å². The van der Waals surface area contributed by atoms with Crippen LogP contribution < -0.4 is 10.1 Å². The number of Topliss-reactive ketones (excluding diaryl/α,β-unsaturated/α-hetero) is 1. The number of halogens is 1. The lowest BCUT2D eigenvalue weighted by molar-refractivity contribution is -0.113. The lowest BCUT2D eigenvalue weighted by Gasteiger charge is -2.15. The van der Waals surface area contributed by atoms with Gasteiger partial charge in [0.05, 0.1) is 5.75 Å². The zero-order valence-corrected chi connectivity index (χ0v) is 20.1. The van der Waals surface area contributed by atoms with Gasteiger partial charge in [-0.15, -0.1) is 16.8 Å². The van der Waals surface area contributed by atoms with Crippen LogP contribution in [-0.2, 0) is 11.3 Å². The number of ketones is 1. The third kappa shape index (κ3) is 6.30. The number of rotatable bonds is 10. The summed E-state index contributed by atoms with van der Waals surface area (Å²) in [7, 11) is 0. The minimum Gasteiger partial charge on any atom is -0.483 e. The van der Waals surface area contributed by atoms with Crippen LogP contribution in [0.4, 0.5) is 5.69 Å². The molecule has 9 heteroatoms. The standard InChI is InChI=1S/C23H23BrN4O3S/c1-4-13-28-22(16(3)31-20-11-7-18(24)8-12-20)26-27-23(28)32-14-21(30)25-19-9-5-17(6-10-19)15(2)29/h4-12,16H,1,13-14H2,2-3H3,(H,25,30). The second kappa shape index (κ2) is 11.1. The fourth-order valence-corrected chi connectivity index (χ4v) is 3.91. The minimum atomic E-state index is -0.341. The summed E-state index contributed by atoms with van der Waals surface area (Å²) in [6, 6.07) is 14.3. The predicted octanol–water partition coefficient (Wildman–Crippen LogP) is 5.30. The number of carbonyl (C=O) groups is 2. The molecular formula is C23H23BrN4O3S. The molecule has 1 heterocycles. The zero-order chi connectivity index (χ0) is 23.1. The number of amides is 1. The molecule has 1 aromatic heterocycles. The van der Waals surface area contributed by atoms with Crippen LogP contribution in [0.3, 0.4) is 0 Å². The fraction of sp³-hybridized carbons (Fsp3) is 0.217. The number of benzene rings is 2. The van der Waals surface area contributed by atoms with E-state index in [-0.39, 0.29) is 23.5 Å². The first kappa shape index (κ1) is 23.7. The van der Waals surface area contributed by atoms with Crippen molar-refractivity contribution in [2.45, 2.75) is 31.7 Å². The number of allylic oxidation sites excluding steroid dienone is 1. The lowest BCUT2D eigenvalue weighted by Crippen LogP contribution is -2.15. The topological polar surface area (TPSA) is 86.1 Å². The summed E-state index contributed by atoms with van der Waals surface area (Å²) in [4.78, 5) is 23.7. The fourth-order valence-electron chi connectivity index (χ4n) is 2.89.